The Hall–Kier alpha value is -2.29. The Balaban J connectivity index is 0.00000320. The molecule has 1 fully saturated rings. The van der Waals surface area contributed by atoms with Gasteiger partial charge < -0.3 is 20.3 Å². The number of nitrogens with zero attached hydrogens (tertiary/aromatic N) is 2. The predicted octanol–water partition coefficient (Wildman–Crippen LogP) is 3.34. The maximum Gasteiger partial charge on any atom is 0.222 e. The normalized spacial score (nSPS) is 13.7. The van der Waals surface area contributed by atoms with Gasteiger partial charge in [0.05, 0.1) is 7.11 Å². The van der Waals surface area contributed by atoms with E-state index in [4.69, 9.17) is 4.74 Å². The maximum atomic E-state index is 11.8. The number of amides is 1. The number of carbonyl (C=O) groups excluding carboxylic acids is 1. The zero-order valence-corrected chi connectivity index (χ0v) is 20.0. The highest BCUT2D eigenvalue weighted by atomic mass is 127. The molecule has 1 aliphatic heterocycles. The molecule has 1 aliphatic rings. The third kappa shape index (κ3) is 7.19. The van der Waals surface area contributed by atoms with Gasteiger partial charge in [-0.15, -0.1) is 24.0 Å². The van der Waals surface area contributed by atoms with Gasteiger partial charge in [-0.2, -0.15) is 0 Å². The molecule has 0 spiro atoms. The summed E-state index contributed by atoms with van der Waals surface area (Å²) in [6.07, 6.45) is 2.58. The van der Waals surface area contributed by atoms with E-state index in [1.165, 1.54) is 16.7 Å². The summed E-state index contributed by atoms with van der Waals surface area (Å²) in [6, 6.07) is 16.5. The van der Waals surface area contributed by atoms with Crippen LogP contribution in [0, 0.1) is 0 Å². The van der Waals surface area contributed by atoms with Crippen LogP contribution >= 0.6 is 24.0 Å². The number of carbonyl (C=O) groups is 1. The summed E-state index contributed by atoms with van der Waals surface area (Å²) < 4.78 is 5.19. The number of hydrogen-bond acceptors (Lipinski definition) is 3. The van der Waals surface area contributed by atoms with E-state index in [-0.39, 0.29) is 29.9 Å². The van der Waals surface area contributed by atoms with Crippen molar-refractivity contribution >= 4 is 35.8 Å². The van der Waals surface area contributed by atoms with Gasteiger partial charge >= 0.3 is 0 Å². The van der Waals surface area contributed by atoms with Crippen molar-refractivity contribution in [2.75, 3.05) is 27.2 Å². The van der Waals surface area contributed by atoms with Gasteiger partial charge in [-0.1, -0.05) is 36.4 Å². The molecule has 2 aromatic carbocycles. The van der Waals surface area contributed by atoms with Gasteiger partial charge in [-0.3, -0.25) is 9.79 Å². The topological polar surface area (TPSA) is 66.0 Å². The van der Waals surface area contributed by atoms with E-state index < -0.39 is 0 Å². The van der Waals surface area contributed by atoms with Crippen molar-refractivity contribution in [3.8, 4) is 5.75 Å². The van der Waals surface area contributed by atoms with Crippen molar-refractivity contribution in [3.05, 3.63) is 65.2 Å². The molecule has 162 valence electrons. The van der Waals surface area contributed by atoms with Crippen LogP contribution in [0.15, 0.2) is 53.5 Å². The summed E-state index contributed by atoms with van der Waals surface area (Å²) in [7, 11) is 3.45. The molecule has 30 heavy (non-hydrogen) atoms. The molecule has 0 aliphatic carbocycles. The highest BCUT2D eigenvalue weighted by Gasteiger charge is 2.19. The molecule has 1 heterocycles. The number of guanidine groups is 1. The van der Waals surface area contributed by atoms with Crippen LogP contribution in [-0.4, -0.2) is 44.0 Å². The molecule has 0 atom stereocenters. The molecular weight excluding hydrogens is 491 g/mol. The van der Waals surface area contributed by atoms with Gasteiger partial charge in [0.2, 0.25) is 5.91 Å². The number of halogens is 1. The molecule has 2 N–H and O–H groups in total. The molecule has 6 nitrogen and oxygen atoms in total. The molecule has 0 aromatic heterocycles. The summed E-state index contributed by atoms with van der Waals surface area (Å²) in [4.78, 5) is 18.0. The van der Waals surface area contributed by atoms with Gasteiger partial charge in [-0.25, -0.2) is 0 Å². The lowest BCUT2D eigenvalue weighted by Gasteiger charge is -2.16. The van der Waals surface area contributed by atoms with Crippen molar-refractivity contribution < 1.29 is 9.53 Å². The molecule has 2 aromatic rings. The second kappa shape index (κ2) is 12.4. The lowest BCUT2D eigenvalue weighted by Crippen LogP contribution is -2.37. The fraction of sp³-hybridized carbons (Fsp3) is 0.391. The van der Waals surface area contributed by atoms with Crippen LogP contribution in [0.1, 0.15) is 29.5 Å². The second-order valence-electron chi connectivity index (χ2n) is 7.19. The van der Waals surface area contributed by atoms with Crippen LogP contribution in [0.5, 0.6) is 5.75 Å². The molecule has 0 unspecified atom stereocenters. The summed E-state index contributed by atoms with van der Waals surface area (Å²) in [6.45, 7) is 3.09. The average Bonchev–Trinajstić information content (AvgIpc) is 3.16. The van der Waals surface area contributed by atoms with Crippen LogP contribution in [0.25, 0.3) is 0 Å². The van der Waals surface area contributed by atoms with E-state index in [1.54, 1.807) is 14.2 Å². The number of methoxy groups -OCH3 is 1. The Bertz CT molecular complexity index is 822. The first-order valence-electron chi connectivity index (χ1n) is 10.1. The van der Waals surface area contributed by atoms with E-state index in [1.807, 2.05) is 17.0 Å². The first-order valence-corrected chi connectivity index (χ1v) is 10.1. The fourth-order valence-electron chi connectivity index (χ4n) is 3.38. The SMILES string of the molecule is CN=C(NCCc1ccc(OC)cc1)NCc1ccc(CN2CCCC2=O)cc1.I. The van der Waals surface area contributed by atoms with Gasteiger partial charge in [0, 0.05) is 39.6 Å². The van der Waals surface area contributed by atoms with Crippen LogP contribution in [0.4, 0.5) is 0 Å². The zero-order chi connectivity index (χ0) is 20.5. The molecule has 1 amide bonds. The standard InChI is InChI=1S/C23H30N4O2.HI/c1-24-23(25-14-13-18-9-11-21(29-2)12-10-18)26-16-19-5-7-20(8-6-19)17-27-15-3-4-22(27)28;/h5-12H,3-4,13-17H2,1-2H3,(H2,24,25,26);1H. The number of nitrogens with one attached hydrogen (secondary N) is 2. The average molecular weight is 522 g/mol. The number of ether oxygens (including phenoxy) is 1. The number of hydrogen-bond donors (Lipinski definition) is 2. The number of likely N-dealkylation sites (tertiary alicyclic amines) is 1. The van der Waals surface area contributed by atoms with Crippen LogP contribution in [0.2, 0.25) is 0 Å². The van der Waals surface area contributed by atoms with Crippen molar-refractivity contribution in [1.29, 1.82) is 0 Å². The molecule has 7 heteroatoms. The summed E-state index contributed by atoms with van der Waals surface area (Å²) in [5, 5.41) is 6.69. The van der Waals surface area contributed by atoms with E-state index >= 15 is 0 Å². The quantitative estimate of drug-likeness (QED) is 0.317. The minimum atomic E-state index is 0. The van der Waals surface area contributed by atoms with Gasteiger partial charge in [0.15, 0.2) is 5.96 Å². The minimum Gasteiger partial charge on any atom is -0.497 e. The second-order valence-corrected chi connectivity index (χ2v) is 7.19. The van der Waals surface area contributed by atoms with Crippen LogP contribution < -0.4 is 15.4 Å². The van der Waals surface area contributed by atoms with Crippen LogP contribution in [0.3, 0.4) is 0 Å². The predicted molar refractivity (Wildman–Crippen MR) is 131 cm³/mol. The maximum absolute atomic E-state index is 11.8. The van der Waals surface area contributed by atoms with Crippen LogP contribution in [-0.2, 0) is 24.3 Å². The number of aliphatic imine (C=N–C) groups is 1. The fourth-order valence-corrected chi connectivity index (χ4v) is 3.38. The zero-order valence-electron chi connectivity index (χ0n) is 17.7. The van der Waals surface area contributed by atoms with E-state index in [0.717, 1.165) is 37.6 Å². The largest absolute Gasteiger partial charge is 0.497 e. The summed E-state index contributed by atoms with van der Waals surface area (Å²) in [5.74, 6) is 1.92. The summed E-state index contributed by atoms with van der Waals surface area (Å²) in [5.41, 5.74) is 3.60. The smallest absolute Gasteiger partial charge is 0.222 e. The lowest BCUT2D eigenvalue weighted by molar-refractivity contribution is -0.128. The lowest BCUT2D eigenvalue weighted by atomic mass is 10.1. The van der Waals surface area contributed by atoms with E-state index in [9.17, 15) is 4.79 Å². The van der Waals surface area contributed by atoms with Crippen molar-refractivity contribution in [3.63, 3.8) is 0 Å². The van der Waals surface area contributed by atoms with Crippen molar-refractivity contribution in [1.82, 2.24) is 15.5 Å². The van der Waals surface area contributed by atoms with Gasteiger partial charge in [0.1, 0.15) is 5.75 Å². The Kier molecular flexibility index (Phi) is 9.93. The molecule has 0 bridgehead atoms. The highest BCUT2D eigenvalue weighted by Crippen LogP contribution is 2.15. The Labute approximate surface area is 196 Å². The van der Waals surface area contributed by atoms with Crippen molar-refractivity contribution in [2.45, 2.75) is 32.4 Å². The molecule has 0 radical (unpaired) electrons. The first-order chi connectivity index (χ1) is 14.2. The molecule has 1 saturated heterocycles. The Morgan fingerprint density at radius 1 is 1.03 bits per heavy atom. The molecule has 0 saturated carbocycles. The van der Waals surface area contributed by atoms with E-state index in [0.29, 0.717) is 19.5 Å². The van der Waals surface area contributed by atoms with Gasteiger partial charge in [0.25, 0.3) is 0 Å². The monoisotopic (exact) mass is 522 g/mol. The molecular formula is C23H31IN4O2. The minimum absolute atomic E-state index is 0. The third-order valence-corrected chi connectivity index (χ3v) is 5.12. The first kappa shape index (κ1) is 24.0. The number of benzene rings is 2. The van der Waals surface area contributed by atoms with Crippen molar-refractivity contribution in [2.24, 2.45) is 4.99 Å². The number of rotatable bonds is 8. The highest BCUT2D eigenvalue weighted by molar-refractivity contribution is 14.0. The molecule has 3 rings (SSSR count). The Morgan fingerprint density at radius 3 is 2.30 bits per heavy atom. The third-order valence-electron chi connectivity index (χ3n) is 5.12. The van der Waals surface area contributed by atoms with E-state index in [2.05, 4.69) is 52.0 Å². The summed E-state index contributed by atoms with van der Waals surface area (Å²) >= 11 is 0. The Morgan fingerprint density at radius 2 is 1.70 bits per heavy atom. The van der Waals surface area contributed by atoms with Gasteiger partial charge in [-0.05, 0) is 41.7 Å².